The van der Waals surface area contributed by atoms with Crippen molar-refractivity contribution in [1.82, 2.24) is 4.72 Å². The van der Waals surface area contributed by atoms with Crippen LogP contribution in [0.5, 0.6) is 0 Å². The number of nitrogens with two attached hydrogens (primary N) is 1. The number of hydrogen-bond donors (Lipinski definition) is 2. The van der Waals surface area contributed by atoms with Crippen LogP contribution in [0.2, 0.25) is 0 Å². The van der Waals surface area contributed by atoms with Crippen molar-refractivity contribution in [3.05, 3.63) is 35.9 Å². The van der Waals surface area contributed by atoms with E-state index < -0.39 is 22.2 Å². The van der Waals surface area contributed by atoms with Crippen LogP contribution in [0.3, 0.4) is 0 Å². The molecule has 0 aliphatic heterocycles. The van der Waals surface area contributed by atoms with Crippen LogP contribution in [0.25, 0.3) is 0 Å². The number of benzene rings is 1. The summed E-state index contributed by atoms with van der Waals surface area (Å²) < 4.78 is 28.4. The summed E-state index contributed by atoms with van der Waals surface area (Å²) in [5.41, 5.74) is 0.805. The number of hydrogen-bond acceptors (Lipinski definition) is 4. The lowest BCUT2D eigenvalue weighted by Gasteiger charge is -2.14. The molecule has 0 fully saturated rings. The quantitative estimate of drug-likeness (QED) is 0.700. The average Bonchev–Trinajstić information content (AvgIpc) is 2.27. The molecule has 0 aliphatic rings. The van der Waals surface area contributed by atoms with E-state index in [-0.39, 0.29) is 6.42 Å². The van der Waals surface area contributed by atoms with Gasteiger partial charge in [-0.2, -0.15) is 13.1 Å². The standard InChI is InChI=1S/C10H14N2O4S/c1-16-10(13)9(12-17(11,14)15)7-8-5-3-2-4-6-8/h2-6,9,12H,7H2,1H3,(H2,11,14,15)/t9-/m0/s1. The molecule has 0 bridgehead atoms. The Hall–Kier alpha value is -1.44. The maximum absolute atomic E-state index is 11.4. The van der Waals surface area contributed by atoms with Gasteiger partial charge in [0.2, 0.25) is 0 Å². The highest BCUT2D eigenvalue weighted by Crippen LogP contribution is 2.04. The van der Waals surface area contributed by atoms with E-state index in [0.717, 1.165) is 5.56 Å². The molecule has 0 heterocycles. The third-order valence-electron chi connectivity index (χ3n) is 2.07. The first kappa shape index (κ1) is 13.6. The summed E-state index contributed by atoms with van der Waals surface area (Å²) in [6.07, 6.45) is 0.184. The molecule has 0 saturated carbocycles. The number of esters is 1. The zero-order chi connectivity index (χ0) is 12.9. The van der Waals surface area contributed by atoms with Crippen LogP contribution in [0, 0.1) is 0 Å². The van der Waals surface area contributed by atoms with E-state index in [1.165, 1.54) is 7.11 Å². The first-order chi connectivity index (χ1) is 7.92. The van der Waals surface area contributed by atoms with Crippen molar-refractivity contribution in [2.75, 3.05) is 7.11 Å². The van der Waals surface area contributed by atoms with Crippen molar-refractivity contribution in [3.8, 4) is 0 Å². The number of nitrogens with one attached hydrogen (secondary N) is 1. The van der Waals surface area contributed by atoms with Crippen molar-refractivity contribution < 1.29 is 17.9 Å². The smallest absolute Gasteiger partial charge is 0.324 e. The molecule has 1 aromatic rings. The minimum atomic E-state index is -3.95. The molecule has 0 amide bonds. The Labute approximate surface area is 100.0 Å². The highest BCUT2D eigenvalue weighted by Gasteiger charge is 2.23. The van der Waals surface area contributed by atoms with Gasteiger partial charge in [-0.3, -0.25) is 4.79 Å². The lowest BCUT2D eigenvalue weighted by Crippen LogP contribution is -2.45. The van der Waals surface area contributed by atoms with E-state index in [1.807, 2.05) is 10.8 Å². The minimum Gasteiger partial charge on any atom is -0.468 e. The van der Waals surface area contributed by atoms with Gasteiger partial charge in [-0.05, 0) is 12.0 Å². The summed E-state index contributed by atoms with van der Waals surface area (Å²) in [6, 6.07) is 7.95. The van der Waals surface area contributed by atoms with Crippen LogP contribution in [0.15, 0.2) is 30.3 Å². The van der Waals surface area contributed by atoms with E-state index in [0.29, 0.717) is 0 Å². The number of carbonyl (C=O) groups excluding carboxylic acids is 1. The van der Waals surface area contributed by atoms with Crippen LogP contribution in [0.4, 0.5) is 0 Å². The second kappa shape index (κ2) is 5.76. The molecule has 1 atom stereocenters. The number of rotatable bonds is 5. The number of ether oxygens (including phenoxy) is 1. The molecule has 0 saturated heterocycles. The van der Waals surface area contributed by atoms with Crippen molar-refractivity contribution >= 4 is 16.2 Å². The Bertz CT molecular complexity index is 472. The summed E-state index contributed by atoms with van der Waals surface area (Å²) in [6.45, 7) is 0. The van der Waals surface area contributed by atoms with Gasteiger partial charge in [0.25, 0.3) is 10.2 Å². The van der Waals surface area contributed by atoms with E-state index >= 15 is 0 Å². The molecule has 17 heavy (non-hydrogen) atoms. The molecule has 94 valence electrons. The van der Waals surface area contributed by atoms with Crippen LogP contribution in [-0.4, -0.2) is 27.5 Å². The van der Waals surface area contributed by atoms with Crippen molar-refractivity contribution in [2.24, 2.45) is 5.14 Å². The lowest BCUT2D eigenvalue weighted by atomic mass is 10.1. The molecule has 0 aromatic heterocycles. The highest BCUT2D eigenvalue weighted by atomic mass is 32.2. The summed E-state index contributed by atoms with van der Waals surface area (Å²) in [7, 11) is -2.76. The Morgan fingerprint density at radius 2 is 2.00 bits per heavy atom. The van der Waals surface area contributed by atoms with Gasteiger partial charge in [-0.15, -0.1) is 0 Å². The van der Waals surface area contributed by atoms with Crippen LogP contribution >= 0.6 is 0 Å². The van der Waals surface area contributed by atoms with Crippen molar-refractivity contribution in [2.45, 2.75) is 12.5 Å². The molecule has 7 heteroatoms. The summed E-state index contributed by atoms with van der Waals surface area (Å²) >= 11 is 0. The van der Waals surface area contributed by atoms with E-state index in [9.17, 15) is 13.2 Å². The molecule has 0 unspecified atom stereocenters. The predicted octanol–water partition coefficient (Wildman–Crippen LogP) is -0.436. The zero-order valence-corrected chi connectivity index (χ0v) is 10.1. The molecule has 1 rings (SSSR count). The minimum absolute atomic E-state index is 0.184. The largest absolute Gasteiger partial charge is 0.468 e. The van der Waals surface area contributed by atoms with Gasteiger partial charge >= 0.3 is 5.97 Å². The lowest BCUT2D eigenvalue weighted by molar-refractivity contribution is -0.142. The second-order valence-electron chi connectivity index (χ2n) is 3.43. The molecular weight excluding hydrogens is 244 g/mol. The molecule has 0 aliphatic carbocycles. The normalized spacial score (nSPS) is 13.1. The Kier molecular flexibility index (Phi) is 4.62. The van der Waals surface area contributed by atoms with E-state index in [1.54, 1.807) is 24.3 Å². The van der Waals surface area contributed by atoms with Crippen LogP contribution in [0.1, 0.15) is 5.56 Å². The fourth-order valence-corrected chi connectivity index (χ4v) is 1.94. The molecule has 6 nitrogen and oxygen atoms in total. The topological polar surface area (TPSA) is 98.5 Å². The monoisotopic (exact) mass is 258 g/mol. The van der Waals surface area contributed by atoms with Crippen molar-refractivity contribution in [1.29, 1.82) is 0 Å². The Morgan fingerprint density at radius 3 is 2.47 bits per heavy atom. The fourth-order valence-electron chi connectivity index (χ4n) is 1.36. The van der Waals surface area contributed by atoms with E-state index in [2.05, 4.69) is 4.74 Å². The third kappa shape index (κ3) is 4.94. The fraction of sp³-hybridized carbons (Fsp3) is 0.300. The number of carbonyl (C=O) groups is 1. The Morgan fingerprint density at radius 1 is 1.41 bits per heavy atom. The predicted molar refractivity (Wildman–Crippen MR) is 62.2 cm³/mol. The molecular formula is C10H14N2O4S. The second-order valence-corrected chi connectivity index (χ2v) is 4.75. The zero-order valence-electron chi connectivity index (χ0n) is 9.29. The summed E-state index contributed by atoms with van der Waals surface area (Å²) in [4.78, 5) is 11.4. The van der Waals surface area contributed by atoms with Crippen LogP contribution < -0.4 is 9.86 Å². The Balaban J connectivity index is 2.81. The van der Waals surface area contributed by atoms with Gasteiger partial charge in [-0.1, -0.05) is 30.3 Å². The van der Waals surface area contributed by atoms with E-state index in [4.69, 9.17) is 5.14 Å². The molecule has 0 spiro atoms. The average molecular weight is 258 g/mol. The SMILES string of the molecule is COC(=O)[C@H](Cc1ccccc1)NS(N)(=O)=O. The summed E-state index contributed by atoms with van der Waals surface area (Å²) in [5.74, 6) is -0.678. The van der Waals surface area contributed by atoms with Gasteiger partial charge in [-0.25, -0.2) is 5.14 Å². The maximum atomic E-state index is 11.4. The first-order valence-corrected chi connectivity index (χ1v) is 6.39. The first-order valence-electron chi connectivity index (χ1n) is 4.84. The van der Waals surface area contributed by atoms with Gasteiger partial charge in [0.15, 0.2) is 0 Å². The van der Waals surface area contributed by atoms with Crippen molar-refractivity contribution in [3.63, 3.8) is 0 Å². The van der Waals surface area contributed by atoms with Crippen LogP contribution in [-0.2, 0) is 26.2 Å². The molecule has 0 radical (unpaired) electrons. The maximum Gasteiger partial charge on any atom is 0.324 e. The number of methoxy groups -OCH3 is 1. The van der Waals surface area contributed by atoms with Gasteiger partial charge in [0.1, 0.15) is 6.04 Å². The highest BCUT2D eigenvalue weighted by molar-refractivity contribution is 7.87. The molecule has 1 aromatic carbocycles. The summed E-state index contributed by atoms with van der Waals surface area (Å²) in [5, 5.41) is 4.84. The van der Waals surface area contributed by atoms with Gasteiger partial charge in [0.05, 0.1) is 7.11 Å². The van der Waals surface area contributed by atoms with Gasteiger partial charge < -0.3 is 4.74 Å². The third-order valence-corrected chi connectivity index (χ3v) is 2.69. The van der Waals surface area contributed by atoms with Gasteiger partial charge in [0, 0.05) is 0 Å². The molecule has 3 N–H and O–H groups in total.